The molecule has 1 heterocycles. The molecule has 0 aliphatic heterocycles. The van der Waals surface area contributed by atoms with Gasteiger partial charge >= 0.3 is 0 Å². The second kappa shape index (κ2) is 6.39. The van der Waals surface area contributed by atoms with Gasteiger partial charge in [0, 0.05) is 16.8 Å². The highest BCUT2D eigenvalue weighted by Gasteiger charge is 2.16. The van der Waals surface area contributed by atoms with E-state index in [4.69, 9.17) is 21.1 Å². The maximum atomic E-state index is 12.5. The Labute approximate surface area is 122 Å². The number of rotatable bonds is 5. The quantitative estimate of drug-likeness (QED) is 0.793. The molecular formula is C15H14ClNO3. The van der Waals surface area contributed by atoms with E-state index in [1.165, 1.54) is 13.3 Å². The van der Waals surface area contributed by atoms with Gasteiger partial charge in [-0.3, -0.25) is 9.78 Å². The lowest BCUT2D eigenvalue weighted by Crippen LogP contribution is -2.05. The Morgan fingerprint density at radius 3 is 2.80 bits per heavy atom. The molecule has 0 unspecified atom stereocenters. The van der Waals surface area contributed by atoms with Gasteiger partial charge in [0.25, 0.3) is 0 Å². The van der Waals surface area contributed by atoms with Crippen LogP contribution in [-0.4, -0.2) is 24.5 Å². The summed E-state index contributed by atoms with van der Waals surface area (Å²) in [4.78, 5) is 16.5. The van der Waals surface area contributed by atoms with Crippen LogP contribution in [0, 0.1) is 0 Å². The van der Waals surface area contributed by atoms with Crippen molar-refractivity contribution in [3.8, 4) is 11.5 Å². The number of carbonyl (C=O) groups is 1. The molecule has 20 heavy (non-hydrogen) atoms. The molecule has 0 bridgehead atoms. The van der Waals surface area contributed by atoms with Crippen molar-refractivity contribution in [3.63, 3.8) is 0 Å². The highest BCUT2D eigenvalue weighted by molar-refractivity contribution is 6.31. The first kappa shape index (κ1) is 14.3. The zero-order valence-corrected chi connectivity index (χ0v) is 12.0. The van der Waals surface area contributed by atoms with Gasteiger partial charge in [0.05, 0.1) is 25.5 Å². The van der Waals surface area contributed by atoms with Crippen molar-refractivity contribution in [2.45, 2.75) is 6.92 Å². The van der Waals surface area contributed by atoms with Crippen LogP contribution in [0.25, 0.3) is 0 Å². The minimum absolute atomic E-state index is 0.210. The van der Waals surface area contributed by atoms with E-state index in [0.717, 1.165) is 0 Å². The molecule has 0 saturated heterocycles. The van der Waals surface area contributed by atoms with E-state index in [1.54, 1.807) is 30.5 Å². The Morgan fingerprint density at radius 1 is 1.30 bits per heavy atom. The van der Waals surface area contributed by atoms with Crippen LogP contribution in [-0.2, 0) is 0 Å². The normalized spacial score (nSPS) is 10.2. The Morgan fingerprint density at radius 2 is 2.10 bits per heavy atom. The predicted octanol–water partition coefficient (Wildman–Crippen LogP) is 3.37. The molecule has 0 aliphatic carbocycles. The van der Waals surface area contributed by atoms with E-state index in [1.807, 2.05) is 6.92 Å². The zero-order chi connectivity index (χ0) is 14.5. The Hall–Kier alpha value is -2.07. The standard InChI is InChI=1S/C15H14ClNO3/c1-3-20-12-6-10(8-17-9-12)15(18)13-7-11(16)4-5-14(13)19-2/h4-9H,3H2,1-2H3. The monoisotopic (exact) mass is 291 g/mol. The lowest BCUT2D eigenvalue weighted by Gasteiger charge is -2.09. The van der Waals surface area contributed by atoms with Crippen LogP contribution in [0.2, 0.25) is 5.02 Å². The van der Waals surface area contributed by atoms with Gasteiger partial charge in [-0.1, -0.05) is 11.6 Å². The summed E-state index contributed by atoms with van der Waals surface area (Å²) in [5.74, 6) is 0.818. The maximum absolute atomic E-state index is 12.5. The van der Waals surface area contributed by atoms with E-state index in [0.29, 0.717) is 34.3 Å². The molecular weight excluding hydrogens is 278 g/mol. The van der Waals surface area contributed by atoms with Crippen molar-refractivity contribution in [1.29, 1.82) is 0 Å². The number of carbonyl (C=O) groups excluding carboxylic acids is 1. The number of hydrogen-bond donors (Lipinski definition) is 0. The largest absolute Gasteiger partial charge is 0.496 e. The van der Waals surface area contributed by atoms with Gasteiger partial charge in [-0.15, -0.1) is 0 Å². The molecule has 0 N–H and O–H groups in total. The van der Waals surface area contributed by atoms with Crippen molar-refractivity contribution >= 4 is 17.4 Å². The highest BCUT2D eigenvalue weighted by atomic mass is 35.5. The predicted molar refractivity (Wildman–Crippen MR) is 76.8 cm³/mol. The third-order valence-corrected chi connectivity index (χ3v) is 2.93. The summed E-state index contributed by atoms with van der Waals surface area (Å²) >= 11 is 5.94. The minimum atomic E-state index is -0.210. The molecule has 0 saturated carbocycles. The van der Waals surface area contributed by atoms with Gasteiger partial charge in [-0.2, -0.15) is 0 Å². The fraction of sp³-hybridized carbons (Fsp3) is 0.200. The van der Waals surface area contributed by atoms with Gasteiger partial charge in [0.1, 0.15) is 11.5 Å². The van der Waals surface area contributed by atoms with Crippen molar-refractivity contribution in [2.24, 2.45) is 0 Å². The number of benzene rings is 1. The van der Waals surface area contributed by atoms with Gasteiger partial charge in [0.15, 0.2) is 5.78 Å². The SMILES string of the molecule is CCOc1cncc(C(=O)c2cc(Cl)ccc2OC)c1. The summed E-state index contributed by atoms with van der Waals surface area (Å²) in [6.45, 7) is 2.38. The smallest absolute Gasteiger partial charge is 0.198 e. The summed E-state index contributed by atoms with van der Waals surface area (Å²) in [6.07, 6.45) is 3.06. The van der Waals surface area contributed by atoms with Crippen LogP contribution in [0.1, 0.15) is 22.8 Å². The van der Waals surface area contributed by atoms with Crippen LogP contribution in [0.5, 0.6) is 11.5 Å². The summed E-state index contributed by atoms with van der Waals surface area (Å²) < 4.78 is 10.5. The first-order valence-electron chi connectivity index (χ1n) is 6.11. The van der Waals surface area contributed by atoms with E-state index < -0.39 is 0 Å². The third kappa shape index (κ3) is 3.08. The Bertz CT molecular complexity index is 628. The molecule has 0 atom stereocenters. The fourth-order valence-electron chi connectivity index (χ4n) is 1.80. The second-order valence-corrected chi connectivity index (χ2v) is 4.45. The van der Waals surface area contributed by atoms with Crippen LogP contribution in [0.3, 0.4) is 0 Å². The molecule has 0 spiro atoms. The number of ether oxygens (including phenoxy) is 2. The Balaban J connectivity index is 2.40. The third-order valence-electron chi connectivity index (χ3n) is 2.69. The van der Waals surface area contributed by atoms with E-state index in [9.17, 15) is 4.79 Å². The summed E-state index contributed by atoms with van der Waals surface area (Å²) in [5.41, 5.74) is 0.826. The number of ketones is 1. The highest BCUT2D eigenvalue weighted by Crippen LogP contribution is 2.26. The molecule has 0 amide bonds. The first-order chi connectivity index (χ1) is 9.65. The summed E-state index contributed by atoms with van der Waals surface area (Å²) in [6, 6.07) is 6.57. The van der Waals surface area contributed by atoms with E-state index in [2.05, 4.69) is 4.98 Å². The van der Waals surface area contributed by atoms with Crippen molar-refractivity contribution in [3.05, 3.63) is 52.8 Å². The van der Waals surface area contributed by atoms with Crippen molar-refractivity contribution in [1.82, 2.24) is 4.98 Å². The average Bonchev–Trinajstić information content (AvgIpc) is 2.47. The molecule has 0 aliphatic rings. The number of nitrogens with zero attached hydrogens (tertiary/aromatic N) is 1. The molecule has 5 heteroatoms. The van der Waals surface area contributed by atoms with Crippen molar-refractivity contribution in [2.75, 3.05) is 13.7 Å². The topological polar surface area (TPSA) is 48.4 Å². The van der Waals surface area contributed by atoms with Crippen LogP contribution in [0.15, 0.2) is 36.7 Å². The number of aromatic nitrogens is 1. The van der Waals surface area contributed by atoms with Gasteiger partial charge in [-0.05, 0) is 31.2 Å². The number of hydrogen-bond acceptors (Lipinski definition) is 4. The number of halogens is 1. The summed E-state index contributed by atoms with van der Waals surface area (Å²) in [5, 5.41) is 0.475. The van der Waals surface area contributed by atoms with Crippen LogP contribution in [0.4, 0.5) is 0 Å². The lowest BCUT2D eigenvalue weighted by molar-refractivity contribution is 0.103. The zero-order valence-electron chi connectivity index (χ0n) is 11.2. The fourth-order valence-corrected chi connectivity index (χ4v) is 1.97. The van der Waals surface area contributed by atoms with Crippen LogP contribution >= 0.6 is 11.6 Å². The average molecular weight is 292 g/mol. The number of methoxy groups -OCH3 is 1. The Kier molecular flexibility index (Phi) is 4.58. The van der Waals surface area contributed by atoms with Gasteiger partial charge in [0.2, 0.25) is 0 Å². The molecule has 0 fully saturated rings. The first-order valence-corrected chi connectivity index (χ1v) is 6.49. The van der Waals surface area contributed by atoms with Gasteiger partial charge < -0.3 is 9.47 Å². The van der Waals surface area contributed by atoms with E-state index in [-0.39, 0.29) is 5.78 Å². The molecule has 0 radical (unpaired) electrons. The molecule has 2 rings (SSSR count). The molecule has 2 aromatic rings. The molecule has 4 nitrogen and oxygen atoms in total. The van der Waals surface area contributed by atoms with Crippen LogP contribution < -0.4 is 9.47 Å². The molecule has 1 aromatic heterocycles. The van der Waals surface area contributed by atoms with Crippen molar-refractivity contribution < 1.29 is 14.3 Å². The van der Waals surface area contributed by atoms with E-state index >= 15 is 0 Å². The lowest BCUT2D eigenvalue weighted by atomic mass is 10.0. The number of pyridine rings is 1. The second-order valence-electron chi connectivity index (χ2n) is 4.02. The minimum Gasteiger partial charge on any atom is -0.496 e. The van der Waals surface area contributed by atoms with Gasteiger partial charge in [-0.25, -0.2) is 0 Å². The maximum Gasteiger partial charge on any atom is 0.198 e. The molecule has 104 valence electrons. The molecule has 1 aromatic carbocycles. The summed E-state index contributed by atoms with van der Waals surface area (Å²) in [7, 11) is 1.51.